The number of hydrogen-bond donors (Lipinski definition) is 1. The van der Waals surface area contributed by atoms with Gasteiger partial charge in [0.25, 0.3) is 11.1 Å². The highest BCUT2D eigenvalue weighted by atomic mass is 32.2. The predicted molar refractivity (Wildman–Crippen MR) is 160 cm³/mol. The summed E-state index contributed by atoms with van der Waals surface area (Å²) >= 11 is 0.906. The standard InChI is InChI=1S/C33H33NO5S/c1-21-22(2)30-27(23(3)29(21)37-18-8-11-24-9-6-5-7-10-24)16-17-33(4,39-30)20-38-26-14-12-25(13-15-26)19-28-31(35)34-32(36)40-28/h5-15,19H,16-18,20H2,1-4H3,(H,34,35,36)/b11-8+,28-19-. The lowest BCUT2D eigenvalue weighted by Gasteiger charge is -2.38. The van der Waals surface area contributed by atoms with E-state index in [9.17, 15) is 9.59 Å². The molecule has 1 atom stereocenters. The fraction of sp³-hybridized carbons (Fsp3) is 0.273. The van der Waals surface area contributed by atoms with Crippen molar-refractivity contribution in [2.75, 3.05) is 13.2 Å². The quantitative estimate of drug-likeness (QED) is 0.297. The summed E-state index contributed by atoms with van der Waals surface area (Å²) < 4.78 is 19.0. The third kappa shape index (κ3) is 6.10. The molecule has 0 aromatic heterocycles. The number of carbonyl (C=O) groups excluding carboxylic acids is 2. The van der Waals surface area contributed by atoms with Crippen molar-refractivity contribution >= 4 is 35.1 Å². The third-order valence-electron chi connectivity index (χ3n) is 7.36. The number of ether oxygens (including phenoxy) is 3. The first-order valence-corrected chi connectivity index (χ1v) is 14.2. The molecule has 1 unspecified atom stereocenters. The van der Waals surface area contributed by atoms with Crippen LogP contribution in [0.5, 0.6) is 17.2 Å². The van der Waals surface area contributed by atoms with Gasteiger partial charge in [-0.2, -0.15) is 0 Å². The van der Waals surface area contributed by atoms with Crippen LogP contribution in [0.25, 0.3) is 12.2 Å². The van der Waals surface area contributed by atoms with Crippen LogP contribution in [0.1, 0.15) is 46.7 Å². The molecule has 0 spiro atoms. The molecular formula is C33H33NO5S. The fourth-order valence-corrected chi connectivity index (χ4v) is 5.63. The second-order valence-electron chi connectivity index (χ2n) is 10.4. The minimum absolute atomic E-state index is 0.348. The zero-order valence-corrected chi connectivity index (χ0v) is 24.0. The Labute approximate surface area is 239 Å². The van der Waals surface area contributed by atoms with E-state index in [1.54, 1.807) is 6.08 Å². The van der Waals surface area contributed by atoms with Gasteiger partial charge in [-0.25, -0.2) is 0 Å². The van der Waals surface area contributed by atoms with Gasteiger partial charge in [0, 0.05) is 5.56 Å². The Balaban J connectivity index is 1.23. The Hall–Kier alpha value is -3.97. The van der Waals surface area contributed by atoms with E-state index in [4.69, 9.17) is 14.2 Å². The predicted octanol–water partition coefficient (Wildman–Crippen LogP) is 7.19. The van der Waals surface area contributed by atoms with Crippen LogP contribution in [0, 0.1) is 20.8 Å². The van der Waals surface area contributed by atoms with Crippen molar-refractivity contribution in [1.82, 2.24) is 5.32 Å². The largest absolute Gasteiger partial charge is 0.489 e. The molecule has 0 bridgehead atoms. The molecule has 1 fully saturated rings. The van der Waals surface area contributed by atoms with E-state index < -0.39 is 5.60 Å². The number of amides is 2. The second kappa shape index (κ2) is 11.6. The summed E-state index contributed by atoms with van der Waals surface area (Å²) in [5, 5.41) is 1.92. The summed E-state index contributed by atoms with van der Waals surface area (Å²) in [5.74, 6) is 2.22. The molecule has 5 rings (SSSR count). The molecule has 2 amide bonds. The van der Waals surface area contributed by atoms with Gasteiger partial charge in [0.05, 0.1) is 4.91 Å². The van der Waals surface area contributed by atoms with Crippen LogP contribution in [0.3, 0.4) is 0 Å². The molecular weight excluding hydrogens is 522 g/mol. The van der Waals surface area contributed by atoms with E-state index in [0.29, 0.717) is 23.9 Å². The SMILES string of the molecule is Cc1c(C)c2c(c(C)c1OC/C=C/c1ccccc1)CCC(C)(COc1ccc(/C=C3\SC(=O)NC3=O)cc1)O2. The van der Waals surface area contributed by atoms with E-state index in [-0.39, 0.29) is 11.1 Å². The Kier molecular flexibility index (Phi) is 8.03. The Morgan fingerprint density at radius 3 is 2.40 bits per heavy atom. The number of benzene rings is 3. The second-order valence-corrected chi connectivity index (χ2v) is 11.4. The highest BCUT2D eigenvalue weighted by Crippen LogP contribution is 2.44. The van der Waals surface area contributed by atoms with Gasteiger partial charge >= 0.3 is 0 Å². The van der Waals surface area contributed by atoms with E-state index in [0.717, 1.165) is 63.9 Å². The lowest BCUT2D eigenvalue weighted by atomic mass is 9.87. The van der Waals surface area contributed by atoms with Crippen LogP contribution in [0.15, 0.2) is 65.6 Å². The van der Waals surface area contributed by atoms with E-state index in [2.05, 4.69) is 51.2 Å². The summed E-state index contributed by atoms with van der Waals surface area (Å²) in [6.45, 7) is 9.29. The van der Waals surface area contributed by atoms with Crippen molar-refractivity contribution in [3.63, 3.8) is 0 Å². The van der Waals surface area contributed by atoms with Crippen LogP contribution in [0.4, 0.5) is 4.79 Å². The van der Waals surface area contributed by atoms with E-state index in [1.165, 1.54) is 5.56 Å². The van der Waals surface area contributed by atoms with Crippen molar-refractivity contribution in [3.05, 3.63) is 99.0 Å². The molecule has 7 heteroatoms. The first-order chi connectivity index (χ1) is 19.2. The molecule has 3 aromatic rings. The van der Waals surface area contributed by atoms with Gasteiger partial charge in [-0.1, -0.05) is 48.5 Å². The Bertz CT molecular complexity index is 1490. The van der Waals surface area contributed by atoms with Crippen molar-refractivity contribution in [3.8, 4) is 17.2 Å². The number of carbonyl (C=O) groups is 2. The first kappa shape index (κ1) is 27.6. The number of hydrogen-bond acceptors (Lipinski definition) is 6. The minimum Gasteiger partial charge on any atom is -0.489 e. The maximum atomic E-state index is 11.8. The van der Waals surface area contributed by atoms with Gasteiger partial charge in [0.2, 0.25) is 0 Å². The average Bonchev–Trinajstić information content (AvgIpc) is 3.27. The van der Waals surface area contributed by atoms with Crippen LogP contribution < -0.4 is 19.5 Å². The summed E-state index contributed by atoms with van der Waals surface area (Å²) in [6, 6.07) is 17.7. The van der Waals surface area contributed by atoms with Gasteiger partial charge in [0.15, 0.2) is 0 Å². The maximum absolute atomic E-state index is 11.8. The van der Waals surface area contributed by atoms with Crippen LogP contribution in [-0.2, 0) is 11.2 Å². The Morgan fingerprint density at radius 1 is 0.950 bits per heavy atom. The summed E-state index contributed by atoms with van der Waals surface area (Å²) in [6.07, 6.45) is 7.51. The number of rotatable bonds is 8. The highest BCUT2D eigenvalue weighted by molar-refractivity contribution is 8.18. The van der Waals surface area contributed by atoms with Gasteiger partial charge in [-0.05, 0) is 104 Å². The molecule has 2 aliphatic heterocycles. The van der Waals surface area contributed by atoms with Crippen LogP contribution in [-0.4, -0.2) is 30.0 Å². The number of imide groups is 1. The van der Waals surface area contributed by atoms with E-state index in [1.807, 2.05) is 48.5 Å². The van der Waals surface area contributed by atoms with Gasteiger partial charge in [-0.15, -0.1) is 0 Å². The number of nitrogens with one attached hydrogen (secondary N) is 1. The van der Waals surface area contributed by atoms with Crippen molar-refractivity contribution in [2.24, 2.45) is 0 Å². The Morgan fingerprint density at radius 2 is 1.70 bits per heavy atom. The number of fused-ring (bicyclic) bond motifs is 1. The zero-order valence-electron chi connectivity index (χ0n) is 23.2. The van der Waals surface area contributed by atoms with Crippen LogP contribution >= 0.6 is 11.8 Å². The minimum atomic E-state index is -0.475. The lowest BCUT2D eigenvalue weighted by Crippen LogP contribution is -2.42. The van der Waals surface area contributed by atoms with Crippen molar-refractivity contribution < 1.29 is 23.8 Å². The monoisotopic (exact) mass is 555 g/mol. The summed E-state index contributed by atoms with van der Waals surface area (Å²) in [7, 11) is 0. The maximum Gasteiger partial charge on any atom is 0.290 e. The van der Waals surface area contributed by atoms with Gasteiger partial charge in [0.1, 0.15) is 36.1 Å². The zero-order chi connectivity index (χ0) is 28.3. The van der Waals surface area contributed by atoms with Gasteiger partial charge < -0.3 is 14.2 Å². The fourth-order valence-electron chi connectivity index (χ4n) is 4.95. The van der Waals surface area contributed by atoms with Gasteiger partial charge in [-0.3, -0.25) is 14.9 Å². The van der Waals surface area contributed by atoms with Crippen molar-refractivity contribution in [1.29, 1.82) is 0 Å². The average molecular weight is 556 g/mol. The topological polar surface area (TPSA) is 73.9 Å². The summed E-state index contributed by atoms with van der Waals surface area (Å²) in [5.41, 5.74) is 6.02. The molecule has 6 nitrogen and oxygen atoms in total. The molecule has 40 heavy (non-hydrogen) atoms. The smallest absolute Gasteiger partial charge is 0.290 e. The molecule has 206 valence electrons. The molecule has 3 aromatic carbocycles. The van der Waals surface area contributed by atoms with Crippen LogP contribution in [0.2, 0.25) is 0 Å². The molecule has 0 aliphatic carbocycles. The molecule has 2 heterocycles. The molecule has 1 saturated heterocycles. The molecule has 2 aliphatic rings. The van der Waals surface area contributed by atoms with Crippen molar-refractivity contribution in [2.45, 2.75) is 46.1 Å². The first-order valence-electron chi connectivity index (χ1n) is 13.4. The molecule has 0 radical (unpaired) electrons. The molecule has 0 saturated carbocycles. The highest BCUT2D eigenvalue weighted by Gasteiger charge is 2.35. The number of thioether (sulfide) groups is 1. The normalized spacial score (nSPS) is 19.4. The molecule has 1 N–H and O–H groups in total. The van der Waals surface area contributed by atoms with E-state index >= 15 is 0 Å². The summed E-state index contributed by atoms with van der Waals surface area (Å²) in [4.78, 5) is 23.5. The lowest BCUT2D eigenvalue weighted by molar-refractivity contribution is -0.115. The third-order valence-corrected chi connectivity index (χ3v) is 8.17.